The van der Waals surface area contributed by atoms with Crippen LogP contribution in [0.15, 0.2) is 24.5 Å². The van der Waals surface area contributed by atoms with Gasteiger partial charge in [-0.25, -0.2) is 4.98 Å². The molecule has 4 heterocycles. The molecule has 2 aliphatic rings. The van der Waals surface area contributed by atoms with E-state index in [1.54, 1.807) is 0 Å². The smallest absolute Gasteiger partial charge is 0.274 e. The van der Waals surface area contributed by atoms with Crippen molar-refractivity contribution in [3.8, 4) is 0 Å². The van der Waals surface area contributed by atoms with Gasteiger partial charge in [0.2, 0.25) is 0 Å². The molecule has 24 heavy (non-hydrogen) atoms. The molecule has 2 fully saturated rings. The van der Waals surface area contributed by atoms with Gasteiger partial charge in [-0.05, 0) is 63.4 Å². The largest absolute Gasteiger partial charge is 0.333 e. The maximum absolute atomic E-state index is 13.1. The summed E-state index contributed by atoms with van der Waals surface area (Å²) in [6.45, 7) is 7.39. The Morgan fingerprint density at radius 3 is 2.88 bits per heavy atom. The normalized spacial score (nSPS) is 25.0. The molecule has 0 aliphatic carbocycles. The third-order valence-electron chi connectivity index (χ3n) is 5.66. The first kappa shape index (κ1) is 15.6. The highest BCUT2D eigenvalue weighted by Crippen LogP contribution is 2.30. The molecule has 0 aromatic carbocycles. The van der Waals surface area contributed by atoms with Crippen molar-refractivity contribution in [1.29, 1.82) is 0 Å². The van der Waals surface area contributed by atoms with Gasteiger partial charge in [-0.2, -0.15) is 0 Å². The molecule has 5 nitrogen and oxygen atoms in total. The highest BCUT2D eigenvalue weighted by atomic mass is 16.2. The predicted octanol–water partition coefficient (Wildman–Crippen LogP) is 2.73. The van der Waals surface area contributed by atoms with Crippen LogP contribution in [0, 0.1) is 6.92 Å². The van der Waals surface area contributed by atoms with Gasteiger partial charge in [0.25, 0.3) is 5.91 Å². The molecular weight excluding hydrogens is 300 g/mol. The summed E-state index contributed by atoms with van der Waals surface area (Å²) in [5.41, 5.74) is 2.59. The number of likely N-dealkylation sites (N-methyl/N-ethyl adjacent to an activating group) is 1. The second-order valence-corrected chi connectivity index (χ2v) is 7.14. The lowest BCUT2D eigenvalue weighted by Gasteiger charge is -2.34. The first-order valence-electron chi connectivity index (χ1n) is 9.18. The monoisotopic (exact) mass is 326 g/mol. The molecule has 0 saturated carbocycles. The highest BCUT2D eigenvalue weighted by Gasteiger charge is 2.39. The van der Waals surface area contributed by atoms with Crippen molar-refractivity contribution in [2.75, 3.05) is 19.6 Å². The Kier molecular flexibility index (Phi) is 4.04. The number of likely N-dealkylation sites (tertiary alicyclic amines) is 2. The van der Waals surface area contributed by atoms with Crippen molar-refractivity contribution in [2.45, 2.75) is 51.6 Å². The molecule has 2 saturated heterocycles. The Balaban J connectivity index is 1.60. The van der Waals surface area contributed by atoms with Gasteiger partial charge in [-0.15, -0.1) is 0 Å². The Morgan fingerprint density at radius 1 is 1.25 bits per heavy atom. The SMILES string of the molecule is CCN1CCC[C@H]1[C@@H]1CCCN1C(=O)c1cn2ccc(C)cc2n1. The number of fused-ring (bicyclic) bond motifs is 1. The quantitative estimate of drug-likeness (QED) is 0.871. The van der Waals surface area contributed by atoms with Crippen LogP contribution >= 0.6 is 0 Å². The fourth-order valence-electron chi connectivity index (χ4n) is 4.46. The molecule has 2 aliphatic heterocycles. The second-order valence-electron chi connectivity index (χ2n) is 7.14. The van der Waals surface area contributed by atoms with E-state index < -0.39 is 0 Å². The van der Waals surface area contributed by atoms with Gasteiger partial charge >= 0.3 is 0 Å². The molecule has 0 bridgehead atoms. The molecule has 0 spiro atoms. The highest BCUT2D eigenvalue weighted by molar-refractivity contribution is 5.93. The average molecular weight is 326 g/mol. The van der Waals surface area contributed by atoms with Gasteiger partial charge < -0.3 is 9.30 Å². The summed E-state index contributed by atoms with van der Waals surface area (Å²) in [7, 11) is 0. The van der Waals surface area contributed by atoms with E-state index in [-0.39, 0.29) is 5.91 Å². The summed E-state index contributed by atoms with van der Waals surface area (Å²) in [5, 5.41) is 0. The number of aromatic nitrogens is 2. The summed E-state index contributed by atoms with van der Waals surface area (Å²) < 4.78 is 1.94. The lowest BCUT2D eigenvalue weighted by Crippen LogP contribution is -2.48. The van der Waals surface area contributed by atoms with E-state index in [0.29, 0.717) is 17.8 Å². The van der Waals surface area contributed by atoms with Crippen molar-refractivity contribution >= 4 is 11.6 Å². The van der Waals surface area contributed by atoms with Crippen molar-refractivity contribution in [1.82, 2.24) is 19.2 Å². The Labute approximate surface area is 143 Å². The zero-order valence-electron chi connectivity index (χ0n) is 14.6. The van der Waals surface area contributed by atoms with E-state index in [1.165, 1.54) is 19.4 Å². The fraction of sp³-hybridized carbons (Fsp3) is 0.579. The minimum Gasteiger partial charge on any atom is -0.333 e. The summed E-state index contributed by atoms with van der Waals surface area (Å²) >= 11 is 0. The van der Waals surface area contributed by atoms with Crippen molar-refractivity contribution in [3.05, 3.63) is 35.8 Å². The van der Waals surface area contributed by atoms with Crippen molar-refractivity contribution < 1.29 is 4.79 Å². The lowest BCUT2D eigenvalue weighted by atomic mass is 10.0. The van der Waals surface area contributed by atoms with Crippen LogP contribution < -0.4 is 0 Å². The molecule has 2 aromatic rings. The van der Waals surface area contributed by atoms with Gasteiger partial charge in [0, 0.05) is 31.0 Å². The van der Waals surface area contributed by atoms with Crippen LogP contribution in [-0.4, -0.2) is 56.8 Å². The topological polar surface area (TPSA) is 40.9 Å². The maximum atomic E-state index is 13.1. The van der Waals surface area contributed by atoms with Crippen molar-refractivity contribution in [3.63, 3.8) is 0 Å². The predicted molar refractivity (Wildman–Crippen MR) is 94.3 cm³/mol. The molecule has 0 unspecified atom stereocenters. The minimum atomic E-state index is 0.0989. The number of hydrogen-bond donors (Lipinski definition) is 0. The van der Waals surface area contributed by atoms with Gasteiger partial charge in [-0.3, -0.25) is 9.69 Å². The Bertz CT molecular complexity index is 753. The molecule has 0 N–H and O–H groups in total. The molecule has 128 valence electrons. The van der Waals surface area contributed by atoms with E-state index in [4.69, 9.17) is 0 Å². The van der Waals surface area contributed by atoms with E-state index in [0.717, 1.165) is 37.1 Å². The zero-order chi connectivity index (χ0) is 16.7. The number of nitrogens with zero attached hydrogens (tertiary/aromatic N) is 4. The summed E-state index contributed by atoms with van der Waals surface area (Å²) in [5.74, 6) is 0.0989. The van der Waals surface area contributed by atoms with E-state index in [9.17, 15) is 4.79 Å². The van der Waals surface area contributed by atoms with Gasteiger partial charge in [-0.1, -0.05) is 6.92 Å². The first-order valence-corrected chi connectivity index (χ1v) is 9.18. The molecule has 2 atom stereocenters. The standard InChI is InChI=1S/C19H26N4O/c1-3-21-9-4-6-16(21)17-7-5-10-23(17)19(24)15-13-22-11-8-14(2)12-18(22)20-15/h8,11-13,16-17H,3-7,9-10H2,1-2H3/t16-,17-/m0/s1. The van der Waals surface area contributed by atoms with Gasteiger partial charge in [0.05, 0.1) is 0 Å². The van der Waals surface area contributed by atoms with Crippen LogP contribution in [0.2, 0.25) is 0 Å². The van der Waals surface area contributed by atoms with Crippen LogP contribution in [0.1, 0.15) is 48.7 Å². The first-order chi connectivity index (χ1) is 11.7. The number of amides is 1. The maximum Gasteiger partial charge on any atom is 0.274 e. The van der Waals surface area contributed by atoms with E-state index in [1.807, 2.05) is 35.9 Å². The second kappa shape index (κ2) is 6.20. The van der Waals surface area contributed by atoms with Crippen LogP contribution in [-0.2, 0) is 0 Å². The summed E-state index contributed by atoms with van der Waals surface area (Å²) in [4.78, 5) is 22.3. The Hall–Kier alpha value is -1.88. The number of pyridine rings is 1. The van der Waals surface area contributed by atoms with Crippen LogP contribution in [0.4, 0.5) is 0 Å². The Morgan fingerprint density at radius 2 is 2.04 bits per heavy atom. The van der Waals surface area contributed by atoms with Gasteiger partial charge in [0.1, 0.15) is 11.3 Å². The molecule has 1 amide bonds. The summed E-state index contributed by atoms with van der Waals surface area (Å²) in [6.07, 6.45) is 8.55. The number of rotatable bonds is 3. The van der Waals surface area contributed by atoms with E-state index in [2.05, 4.69) is 21.7 Å². The third kappa shape index (κ3) is 2.61. The fourth-order valence-corrected chi connectivity index (χ4v) is 4.46. The lowest BCUT2D eigenvalue weighted by molar-refractivity contribution is 0.0645. The van der Waals surface area contributed by atoms with Crippen LogP contribution in [0.5, 0.6) is 0 Å². The van der Waals surface area contributed by atoms with Crippen LogP contribution in [0.3, 0.4) is 0 Å². The molecule has 4 rings (SSSR count). The van der Waals surface area contributed by atoms with Crippen molar-refractivity contribution in [2.24, 2.45) is 0 Å². The van der Waals surface area contributed by atoms with Crippen LogP contribution in [0.25, 0.3) is 5.65 Å². The minimum absolute atomic E-state index is 0.0989. The molecule has 5 heteroatoms. The number of hydrogen-bond acceptors (Lipinski definition) is 3. The number of aryl methyl sites for hydroxylation is 1. The molecule has 0 radical (unpaired) electrons. The zero-order valence-corrected chi connectivity index (χ0v) is 14.6. The molecular formula is C19H26N4O. The number of carbonyl (C=O) groups is 1. The molecule has 2 aromatic heterocycles. The van der Waals surface area contributed by atoms with E-state index >= 15 is 0 Å². The number of carbonyl (C=O) groups excluding carboxylic acids is 1. The summed E-state index contributed by atoms with van der Waals surface area (Å²) in [6, 6.07) is 4.94. The average Bonchev–Trinajstić information content (AvgIpc) is 3.30. The third-order valence-corrected chi connectivity index (χ3v) is 5.66. The van der Waals surface area contributed by atoms with Gasteiger partial charge in [0.15, 0.2) is 0 Å². The number of imidazole rings is 1.